The zero-order valence-electron chi connectivity index (χ0n) is 16.1. The topological polar surface area (TPSA) is 102 Å². The first-order valence-corrected chi connectivity index (χ1v) is 9.91. The Kier molecular flexibility index (Phi) is 3.65. The van der Waals surface area contributed by atoms with Crippen LogP contribution in [0.15, 0.2) is 39.0 Å². The zero-order chi connectivity index (χ0) is 20.4. The van der Waals surface area contributed by atoms with Gasteiger partial charge >= 0.3 is 0 Å². The van der Waals surface area contributed by atoms with Gasteiger partial charge in [0, 0.05) is 43.4 Å². The predicted molar refractivity (Wildman–Crippen MR) is 105 cm³/mol. The average Bonchev–Trinajstić information content (AvgIpc) is 3.16. The Morgan fingerprint density at radius 1 is 1.27 bits per heavy atom. The maximum atomic E-state index is 13.4. The summed E-state index contributed by atoms with van der Waals surface area (Å²) in [5.74, 6) is 2.92. The van der Waals surface area contributed by atoms with Gasteiger partial charge in [-0.05, 0) is 17.9 Å². The largest absolute Gasteiger partial charge is 0.356 e. The highest BCUT2D eigenvalue weighted by molar-refractivity contribution is 5.77. The van der Waals surface area contributed by atoms with Gasteiger partial charge in [-0.25, -0.2) is 19.4 Å². The van der Waals surface area contributed by atoms with Gasteiger partial charge < -0.3 is 9.42 Å². The van der Waals surface area contributed by atoms with Crippen LogP contribution in [-0.4, -0.2) is 44.0 Å². The molecule has 0 bridgehead atoms. The standard InChI is InChI=1S/C20H18FN7O2/c1-10-5-23-18-16(10)20(29)28(9-24-18)8-15-25-19(26-30-15)17-12-6-27(7-13(12)17)14-4-11(21)2-3-22-14/h2-5,9-10,12-13,17H,6-8H2,1H3/t10?,12-,13+,17+. The fourth-order valence-corrected chi connectivity index (χ4v) is 4.64. The molecule has 1 aliphatic carbocycles. The minimum absolute atomic E-state index is 0.0490. The van der Waals surface area contributed by atoms with Gasteiger partial charge in [-0.3, -0.25) is 9.36 Å². The smallest absolute Gasteiger partial charge is 0.259 e. The molecule has 3 aromatic heterocycles. The van der Waals surface area contributed by atoms with Crippen molar-refractivity contribution in [1.29, 1.82) is 0 Å². The molecular weight excluding hydrogens is 389 g/mol. The molecule has 5 heterocycles. The van der Waals surface area contributed by atoms with Gasteiger partial charge in [0.1, 0.15) is 24.5 Å². The fraction of sp³-hybridized carbons (Fsp3) is 0.400. The van der Waals surface area contributed by atoms with Crippen LogP contribution in [0.25, 0.3) is 0 Å². The molecule has 2 fully saturated rings. The van der Waals surface area contributed by atoms with Gasteiger partial charge in [0.05, 0.1) is 5.56 Å². The van der Waals surface area contributed by atoms with E-state index in [1.165, 1.54) is 29.2 Å². The van der Waals surface area contributed by atoms with E-state index < -0.39 is 0 Å². The van der Waals surface area contributed by atoms with Gasteiger partial charge in [0.2, 0.25) is 5.89 Å². The van der Waals surface area contributed by atoms with Crippen LogP contribution >= 0.6 is 0 Å². The van der Waals surface area contributed by atoms with Crippen molar-refractivity contribution in [2.45, 2.75) is 25.3 Å². The van der Waals surface area contributed by atoms with E-state index in [2.05, 4.69) is 30.0 Å². The van der Waals surface area contributed by atoms with E-state index in [4.69, 9.17) is 4.52 Å². The van der Waals surface area contributed by atoms with Crippen LogP contribution in [0.2, 0.25) is 0 Å². The van der Waals surface area contributed by atoms with Crippen molar-refractivity contribution >= 4 is 17.9 Å². The molecule has 3 aliphatic rings. The fourth-order valence-electron chi connectivity index (χ4n) is 4.64. The summed E-state index contributed by atoms with van der Waals surface area (Å²) in [4.78, 5) is 32.0. The number of rotatable bonds is 4. The molecule has 6 rings (SSSR count). The maximum absolute atomic E-state index is 13.4. The van der Waals surface area contributed by atoms with E-state index in [-0.39, 0.29) is 29.8 Å². The molecule has 0 N–H and O–H groups in total. The second-order valence-electron chi connectivity index (χ2n) is 8.12. The summed E-state index contributed by atoms with van der Waals surface area (Å²) in [5.41, 5.74) is 0.464. The Hall–Kier alpha value is -3.43. The van der Waals surface area contributed by atoms with Gasteiger partial charge in [0.15, 0.2) is 11.6 Å². The highest BCUT2D eigenvalue weighted by atomic mass is 19.1. The summed E-state index contributed by atoms with van der Waals surface area (Å²) < 4.78 is 20.3. The summed E-state index contributed by atoms with van der Waals surface area (Å²) >= 11 is 0. The molecular formula is C20H18FN7O2. The van der Waals surface area contributed by atoms with Gasteiger partial charge in [-0.1, -0.05) is 12.1 Å². The first-order valence-electron chi connectivity index (χ1n) is 9.91. The summed E-state index contributed by atoms with van der Waals surface area (Å²) in [6, 6.07) is 2.81. The van der Waals surface area contributed by atoms with Crippen LogP contribution in [0.4, 0.5) is 16.0 Å². The van der Waals surface area contributed by atoms with E-state index >= 15 is 0 Å². The quantitative estimate of drug-likeness (QED) is 0.651. The third-order valence-corrected chi connectivity index (χ3v) is 6.24. The van der Waals surface area contributed by atoms with E-state index in [1.54, 1.807) is 6.21 Å². The van der Waals surface area contributed by atoms with E-state index in [0.29, 0.717) is 40.8 Å². The molecule has 0 radical (unpaired) electrons. The minimum Gasteiger partial charge on any atom is -0.356 e. The Morgan fingerprint density at radius 2 is 2.10 bits per heavy atom. The van der Waals surface area contributed by atoms with Crippen LogP contribution in [-0.2, 0) is 6.54 Å². The molecule has 0 amide bonds. The molecule has 2 aliphatic heterocycles. The molecule has 0 spiro atoms. The first-order chi connectivity index (χ1) is 14.6. The number of hydrogen-bond donors (Lipinski definition) is 0. The van der Waals surface area contributed by atoms with Crippen molar-refractivity contribution in [3.05, 3.63) is 58.1 Å². The lowest BCUT2D eigenvalue weighted by Crippen LogP contribution is -2.25. The molecule has 10 heteroatoms. The zero-order valence-corrected chi connectivity index (χ0v) is 16.1. The molecule has 152 valence electrons. The van der Waals surface area contributed by atoms with Crippen LogP contribution in [0.3, 0.4) is 0 Å². The minimum atomic E-state index is -0.280. The molecule has 1 unspecified atom stereocenters. The molecule has 1 saturated carbocycles. The Morgan fingerprint density at radius 3 is 2.90 bits per heavy atom. The number of pyridine rings is 1. The van der Waals surface area contributed by atoms with Gasteiger partial charge in [-0.2, -0.15) is 4.98 Å². The second-order valence-corrected chi connectivity index (χ2v) is 8.12. The lowest BCUT2D eigenvalue weighted by molar-refractivity contribution is 0.363. The van der Waals surface area contributed by atoms with E-state index in [0.717, 1.165) is 13.1 Å². The Balaban J connectivity index is 1.15. The SMILES string of the molecule is CC1C=Nc2ncn(Cc3nc([C@H]4[C@@H]5CN(c6cc(F)ccn6)C[C@@H]54)no3)c(=O)c21. The molecule has 4 atom stereocenters. The molecule has 1 saturated heterocycles. The van der Waals surface area contributed by atoms with E-state index in [9.17, 15) is 9.18 Å². The third-order valence-electron chi connectivity index (χ3n) is 6.24. The summed E-state index contributed by atoms with van der Waals surface area (Å²) in [5, 5.41) is 4.15. The maximum Gasteiger partial charge on any atom is 0.259 e. The number of fused-ring (bicyclic) bond motifs is 2. The van der Waals surface area contributed by atoms with Crippen LogP contribution in [0.5, 0.6) is 0 Å². The van der Waals surface area contributed by atoms with Crippen LogP contribution in [0.1, 0.15) is 36.0 Å². The molecule has 30 heavy (non-hydrogen) atoms. The number of anilines is 1. The molecule has 0 aromatic carbocycles. The number of aliphatic imine (C=N–C) groups is 1. The lowest BCUT2D eigenvalue weighted by atomic mass is 10.1. The number of piperidine rings is 1. The van der Waals surface area contributed by atoms with Crippen molar-refractivity contribution in [2.24, 2.45) is 16.8 Å². The third kappa shape index (κ3) is 2.66. The molecule has 9 nitrogen and oxygen atoms in total. The van der Waals surface area contributed by atoms with Gasteiger partial charge in [0.25, 0.3) is 5.56 Å². The van der Waals surface area contributed by atoms with E-state index in [1.807, 2.05) is 6.92 Å². The predicted octanol–water partition coefficient (Wildman–Crippen LogP) is 1.88. The second kappa shape index (κ2) is 6.28. The van der Waals surface area contributed by atoms with Crippen molar-refractivity contribution in [3.63, 3.8) is 0 Å². The Labute approximate surface area is 170 Å². The van der Waals surface area contributed by atoms with Crippen molar-refractivity contribution in [2.75, 3.05) is 18.0 Å². The average molecular weight is 407 g/mol. The molecule has 3 aromatic rings. The number of aromatic nitrogens is 5. The highest BCUT2D eigenvalue weighted by Gasteiger charge is 2.58. The normalized spacial score (nSPS) is 26.1. The number of hydrogen-bond acceptors (Lipinski definition) is 8. The van der Waals surface area contributed by atoms with Gasteiger partial charge in [-0.15, -0.1) is 0 Å². The van der Waals surface area contributed by atoms with Crippen molar-refractivity contribution in [3.8, 4) is 0 Å². The Bertz CT molecular complexity index is 1220. The highest BCUT2D eigenvalue weighted by Crippen LogP contribution is 2.57. The van der Waals surface area contributed by atoms with Crippen LogP contribution < -0.4 is 10.5 Å². The number of nitrogens with zero attached hydrogens (tertiary/aromatic N) is 7. The monoisotopic (exact) mass is 407 g/mol. The van der Waals surface area contributed by atoms with Crippen LogP contribution in [0, 0.1) is 17.7 Å². The summed E-state index contributed by atoms with van der Waals surface area (Å²) in [6.45, 7) is 3.69. The van der Waals surface area contributed by atoms with Crippen molar-refractivity contribution in [1.82, 2.24) is 24.7 Å². The number of halogens is 1. The lowest BCUT2D eigenvalue weighted by Gasteiger charge is -2.20. The first kappa shape index (κ1) is 17.4. The van der Waals surface area contributed by atoms with Crippen molar-refractivity contribution < 1.29 is 8.91 Å². The summed E-state index contributed by atoms with van der Waals surface area (Å²) in [6.07, 6.45) is 4.68. The summed E-state index contributed by atoms with van der Waals surface area (Å²) in [7, 11) is 0.